The van der Waals surface area contributed by atoms with E-state index in [1.165, 1.54) is 0 Å². The lowest BCUT2D eigenvalue weighted by Crippen LogP contribution is -2.22. The van der Waals surface area contributed by atoms with Crippen LogP contribution in [0.4, 0.5) is 0 Å². The second kappa shape index (κ2) is 5.35. The van der Waals surface area contributed by atoms with E-state index >= 15 is 0 Å². The topological polar surface area (TPSA) is 35.8 Å². The molecule has 1 aromatic carbocycles. The van der Waals surface area contributed by atoms with Crippen LogP contribution in [-0.2, 0) is 0 Å². The van der Waals surface area contributed by atoms with Gasteiger partial charge in [0.25, 0.3) is 0 Å². The lowest BCUT2D eigenvalue weighted by atomic mass is 10.1. The van der Waals surface area contributed by atoms with Gasteiger partial charge in [-0.05, 0) is 26.2 Å². The molecular formula is C10H12Cl2N2O. The van der Waals surface area contributed by atoms with Crippen molar-refractivity contribution in [2.75, 3.05) is 20.6 Å². The first-order valence-electron chi connectivity index (χ1n) is 4.35. The summed E-state index contributed by atoms with van der Waals surface area (Å²) >= 11 is 11.7. The molecule has 1 N–H and O–H groups in total. The van der Waals surface area contributed by atoms with Crippen LogP contribution in [0.5, 0.6) is 0 Å². The third kappa shape index (κ3) is 3.38. The molecule has 82 valence electrons. The Labute approximate surface area is 98.9 Å². The van der Waals surface area contributed by atoms with Crippen molar-refractivity contribution in [2.45, 2.75) is 0 Å². The molecule has 0 saturated carbocycles. The molecule has 0 unspecified atom stereocenters. The molecular weight excluding hydrogens is 235 g/mol. The van der Waals surface area contributed by atoms with Crippen LogP contribution >= 0.6 is 23.2 Å². The second-order valence-corrected chi connectivity index (χ2v) is 4.23. The van der Waals surface area contributed by atoms with Crippen LogP contribution in [0.3, 0.4) is 0 Å². The van der Waals surface area contributed by atoms with Crippen molar-refractivity contribution in [3.63, 3.8) is 0 Å². The molecule has 1 rings (SSSR count). The molecule has 0 aliphatic carbocycles. The SMILES string of the molecule is CN(C)C/C(=N/O)c1ccc(Cl)c(Cl)c1. The zero-order valence-electron chi connectivity index (χ0n) is 8.54. The molecule has 0 aliphatic rings. The van der Waals surface area contributed by atoms with Crippen LogP contribution in [0.25, 0.3) is 0 Å². The van der Waals surface area contributed by atoms with Crippen molar-refractivity contribution < 1.29 is 5.21 Å². The van der Waals surface area contributed by atoms with Gasteiger partial charge in [-0.1, -0.05) is 34.4 Å². The molecule has 0 amide bonds. The van der Waals surface area contributed by atoms with Crippen molar-refractivity contribution in [1.29, 1.82) is 0 Å². The quantitative estimate of drug-likeness (QED) is 0.506. The fraction of sp³-hybridized carbons (Fsp3) is 0.300. The van der Waals surface area contributed by atoms with E-state index < -0.39 is 0 Å². The van der Waals surface area contributed by atoms with Gasteiger partial charge in [0, 0.05) is 12.1 Å². The first-order chi connectivity index (χ1) is 7.04. The zero-order valence-corrected chi connectivity index (χ0v) is 10.0. The lowest BCUT2D eigenvalue weighted by Gasteiger charge is -2.11. The maximum absolute atomic E-state index is 8.87. The monoisotopic (exact) mass is 246 g/mol. The average molecular weight is 247 g/mol. The van der Waals surface area contributed by atoms with Gasteiger partial charge in [-0.15, -0.1) is 0 Å². The van der Waals surface area contributed by atoms with E-state index in [1.807, 2.05) is 19.0 Å². The van der Waals surface area contributed by atoms with E-state index in [9.17, 15) is 0 Å². The summed E-state index contributed by atoms with van der Waals surface area (Å²) in [5, 5.41) is 13.1. The second-order valence-electron chi connectivity index (χ2n) is 3.41. The number of oxime groups is 1. The highest BCUT2D eigenvalue weighted by Crippen LogP contribution is 2.22. The number of likely N-dealkylation sites (N-methyl/N-ethyl adjacent to an activating group) is 1. The van der Waals surface area contributed by atoms with E-state index in [0.29, 0.717) is 22.3 Å². The van der Waals surface area contributed by atoms with Gasteiger partial charge in [-0.2, -0.15) is 0 Å². The predicted octanol–water partition coefficient (Wildman–Crippen LogP) is 2.73. The number of rotatable bonds is 3. The first-order valence-corrected chi connectivity index (χ1v) is 5.11. The molecule has 0 aromatic heterocycles. The summed E-state index contributed by atoms with van der Waals surface area (Å²) in [5.41, 5.74) is 1.32. The predicted molar refractivity (Wildman–Crippen MR) is 63.3 cm³/mol. The summed E-state index contributed by atoms with van der Waals surface area (Å²) < 4.78 is 0. The highest BCUT2D eigenvalue weighted by Gasteiger charge is 2.07. The number of nitrogens with zero attached hydrogens (tertiary/aromatic N) is 2. The number of hydrogen-bond acceptors (Lipinski definition) is 3. The Morgan fingerprint density at radius 2 is 2.00 bits per heavy atom. The Bertz CT molecular complexity index is 378. The molecule has 0 fully saturated rings. The van der Waals surface area contributed by atoms with Crippen LogP contribution in [0, 0.1) is 0 Å². The lowest BCUT2D eigenvalue weighted by molar-refractivity contribution is 0.315. The Hall–Kier alpha value is -0.770. The van der Waals surface area contributed by atoms with E-state index in [1.54, 1.807) is 18.2 Å². The molecule has 5 heteroatoms. The summed E-state index contributed by atoms with van der Waals surface area (Å²) in [5.74, 6) is 0. The minimum atomic E-state index is 0.453. The molecule has 1 aromatic rings. The summed E-state index contributed by atoms with van der Waals surface area (Å²) in [4.78, 5) is 1.90. The Morgan fingerprint density at radius 3 is 2.47 bits per heavy atom. The van der Waals surface area contributed by atoms with Gasteiger partial charge >= 0.3 is 0 Å². The molecule has 3 nitrogen and oxygen atoms in total. The van der Waals surface area contributed by atoms with Crippen LogP contribution in [0.1, 0.15) is 5.56 Å². The normalized spacial score (nSPS) is 12.2. The van der Waals surface area contributed by atoms with Crippen molar-refractivity contribution in [2.24, 2.45) is 5.16 Å². The fourth-order valence-electron chi connectivity index (χ4n) is 1.16. The zero-order chi connectivity index (χ0) is 11.4. The van der Waals surface area contributed by atoms with Crippen LogP contribution < -0.4 is 0 Å². The van der Waals surface area contributed by atoms with E-state index in [0.717, 1.165) is 5.56 Å². The van der Waals surface area contributed by atoms with Gasteiger partial charge in [0.2, 0.25) is 0 Å². The van der Waals surface area contributed by atoms with Gasteiger partial charge in [0.05, 0.1) is 10.0 Å². The highest BCUT2D eigenvalue weighted by molar-refractivity contribution is 6.42. The molecule has 0 atom stereocenters. The van der Waals surface area contributed by atoms with Gasteiger partial charge in [0.1, 0.15) is 5.71 Å². The Balaban J connectivity index is 2.98. The summed E-state index contributed by atoms with van der Waals surface area (Å²) in [6, 6.07) is 5.13. The first kappa shape index (κ1) is 12.3. The highest BCUT2D eigenvalue weighted by atomic mass is 35.5. The van der Waals surface area contributed by atoms with E-state index in [-0.39, 0.29) is 0 Å². The maximum Gasteiger partial charge on any atom is 0.101 e. The maximum atomic E-state index is 8.87. The third-order valence-electron chi connectivity index (χ3n) is 1.84. The molecule has 0 aliphatic heterocycles. The number of hydrogen-bond donors (Lipinski definition) is 1. The van der Waals surface area contributed by atoms with Gasteiger partial charge in [-0.3, -0.25) is 0 Å². The number of halogens is 2. The van der Waals surface area contributed by atoms with Gasteiger partial charge < -0.3 is 10.1 Å². The smallest absolute Gasteiger partial charge is 0.101 e. The van der Waals surface area contributed by atoms with E-state index in [4.69, 9.17) is 28.4 Å². The van der Waals surface area contributed by atoms with Gasteiger partial charge in [0.15, 0.2) is 0 Å². The van der Waals surface area contributed by atoms with Crippen LogP contribution in [-0.4, -0.2) is 36.5 Å². The van der Waals surface area contributed by atoms with Crippen LogP contribution in [0.15, 0.2) is 23.4 Å². The summed E-state index contributed by atoms with van der Waals surface area (Å²) in [6.07, 6.45) is 0. The third-order valence-corrected chi connectivity index (χ3v) is 2.58. The van der Waals surface area contributed by atoms with Crippen molar-refractivity contribution in [3.05, 3.63) is 33.8 Å². The van der Waals surface area contributed by atoms with E-state index in [2.05, 4.69) is 5.16 Å². The molecule has 0 spiro atoms. The molecule has 0 heterocycles. The minimum absolute atomic E-state index is 0.453. The largest absolute Gasteiger partial charge is 0.411 e. The number of benzene rings is 1. The minimum Gasteiger partial charge on any atom is -0.411 e. The van der Waals surface area contributed by atoms with Crippen molar-refractivity contribution >= 4 is 28.9 Å². The summed E-state index contributed by atoms with van der Waals surface area (Å²) in [7, 11) is 3.78. The van der Waals surface area contributed by atoms with Crippen molar-refractivity contribution in [3.8, 4) is 0 Å². The Kier molecular flexibility index (Phi) is 4.39. The molecule has 0 saturated heterocycles. The fourth-order valence-corrected chi connectivity index (χ4v) is 1.45. The summed E-state index contributed by atoms with van der Waals surface area (Å²) in [6.45, 7) is 0.536. The molecule has 0 radical (unpaired) electrons. The Morgan fingerprint density at radius 1 is 1.33 bits per heavy atom. The van der Waals surface area contributed by atoms with Crippen LogP contribution in [0.2, 0.25) is 10.0 Å². The molecule has 15 heavy (non-hydrogen) atoms. The standard InChI is InChI=1S/C10H12Cl2N2O/c1-14(2)6-10(13-15)7-3-4-8(11)9(12)5-7/h3-5,15H,6H2,1-2H3/b13-10-. The average Bonchev–Trinajstić information content (AvgIpc) is 2.18. The van der Waals surface area contributed by atoms with Crippen molar-refractivity contribution in [1.82, 2.24) is 4.90 Å². The van der Waals surface area contributed by atoms with Gasteiger partial charge in [-0.25, -0.2) is 0 Å². The molecule has 0 bridgehead atoms.